The number of hydrogen-bond donors (Lipinski definition) is 0. The highest BCUT2D eigenvalue weighted by Crippen LogP contribution is 2.44. The van der Waals surface area contributed by atoms with Crippen molar-refractivity contribution in [2.45, 2.75) is 9.79 Å². The van der Waals surface area contributed by atoms with Crippen LogP contribution in [0.4, 0.5) is 0 Å². The molecule has 3 heterocycles. The van der Waals surface area contributed by atoms with E-state index in [0.29, 0.717) is 5.82 Å². The summed E-state index contributed by atoms with van der Waals surface area (Å²) in [7, 11) is 0. The largest absolute Gasteiger partial charge is 0.264 e. The normalized spacial score (nSPS) is 12.4. The van der Waals surface area contributed by atoms with E-state index in [4.69, 9.17) is 9.97 Å². The number of benzene rings is 6. The SMILES string of the molecule is C1=C\c2ccc(-c3nc(-c4ccccc4)cc(-c4ccc(-c5cccnc5)cc4)n3)cc2-c2ccccc2Sc2ccccc2-c2ccccc2/1. The molecule has 240 valence electrons. The van der Waals surface area contributed by atoms with Crippen LogP contribution in [0.3, 0.4) is 0 Å². The highest BCUT2D eigenvalue weighted by atomic mass is 32.2. The molecule has 0 fully saturated rings. The van der Waals surface area contributed by atoms with Crippen LogP contribution >= 0.6 is 11.8 Å². The van der Waals surface area contributed by atoms with Crippen LogP contribution in [-0.4, -0.2) is 15.0 Å². The Labute approximate surface area is 302 Å². The third kappa shape index (κ3) is 6.18. The Balaban J connectivity index is 1.21. The van der Waals surface area contributed by atoms with Crippen molar-refractivity contribution >= 4 is 23.9 Å². The van der Waals surface area contributed by atoms with Crippen LogP contribution in [0.1, 0.15) is 11.1 Å². The van der Waals surface area contributed by atoms with Gasteiger partial charge in [-0.05, 0) is 74.8 Å². The van der Waals surface area contributed by atoms with Gasteiger partial charge in [0.1, 0.15) is 0 Å². The van der Waals surface area contributed by atoms with Gasteiger partial charge in [-0.2, -0.15) is 0 Å². The number of aromatic nitrogens is 3. The molecule has 0 saturated carbocycles. The minimum absolute atomic E-state index is 0.685. The first-order valence-electron chi connectivity index (χ1n) is 17.0. The van der Waals surface area contributed by atoms with Gasteiger partial charge in [-0.15, -0.1) is 0 Å². The molecule has 0 spiro atoms. The summed E-state index contributed by atoms with van der Waals surface area (Å²) in [6, 6.07) is 57.6. The summed E-state index contributed by atoms with van der Waals surface area (Å²) in [5, 5.41) is 0. The van der Waals surface area contributed by atoms with Gasteiger partial charge in [0.2, 0.25) is 0 Å². The molecule has 8 aromatic rings. The van der Waals surface area contributed by atoms with Gasteiger partial charge in [-0.3, -0.25) is 4.98 Å². The molecule has 51 heavy (non-hydrogen) atoms. The van der Waals surface area contributed by atoms with Gasteiger partial charge in [0.25, 0.3) is 0 Å². The molecule has 9 rings (SSSR count). The molecule has 0 saturated heterocycles. The zero-order chi connectivity index (χ0) is 34.0. The lowest BCUT2D eigenvalue weighted by molar-refractivity contribution is 1.18. The van der Waals surface area contributed by atoms with Gasteiger partial charge in [-0.1, -0.05) is 157 Å². The lowest BCUT2D eigenvalue weighted by Gasteiger charge is -2.15. The van der Waals surface area contributed by atoms with E-state index in [1.807, 2.05) is 30.1 Å². The van der Waals surface area contributed by atoms with Gasteiger partial charge in [-0.25, -0.2) is 9.97 Å². The molecule has 0 N–H and O–H groups in total. The first kappa shape index (κ1) is 30.7. The standard InChI is InChI=1S/C47H31N3S/c1-2-12-35(13-3-1)43-30-44(36-25-20-32(21-26-36)38-14-10-28-48-31-38)50-47(49-43)37-27-24-34-23-22-33-11-4-5-15-39(33)40-16-6-8-18-45(40)51-46-19-9-7-17-41(46)42(34)29-37/h1-31H/b23-22-. The van der Waals surface area contributed by atoms with Crippen molar-refractivity contribution in [2.24, 2.45) is 0 Å². The Hall–Kier alpha value is -6.36. The Bertz CT molecular complexity index is 2540. The third-order valence-electron chi connectivity index (χ3n) is 9.26. The highest BCUT2D eigenvalue weighted by Gasteiger charge is 2.18. The van der Waals surface area contributed by atoms with Crippen LogP contribution in [0.2, 0.25) is 0 Å². The topological polar surface area (TPSA) is 38.7 Å². The molecule has 3 nitrogen and oxygen atoms in total. The maximum absolute atomic E-state index is 5.21. The zero-order valence-electron chi connectivity index (χ0n) is 27.6. The van der Waals surface area contributed by atoms with E-state index in [2.05, 4.69) is 169 Å². The lowest BCUT2D eigenvalue weighted by atomic mass is 9.94. The number of rotatable bonds is 4. The van der Waals surface area contributed by atoms with Crippen LogP contribution in [0.15, 0.2) is 186 Å². The van der Waals surface area contributed by atoms with Crippen LogP contribution < -0.4 is 0 Å². The summed E-state index contributed by atoms with van der Waals surface area (Å²) < 4.78 is 0. The summed E-state index contributed by atoms with van der Waals surface area (Å²) in [5.41, 5.74) is 14.1. The van der Waals surface area contributed by atoms with E-state index in [-0.39, 0.29) is 0 Å². The molecule has 0 atom stereocenters. The van der Waals surface area contributed by atoms with Crippen LogP contribution in [0.25, 0.3) is 79.4 Å². The second-order valence-corrected chi connectivity index (χ2v) is 13.5. The quantitative estimate of drug-likeness (QED) is 0.187. The number of fused-ring (bicyclic) bond motifs is 6. The summed E-state index contributed by atoms with van der Waals surface area (Å²) in [5.74, 6) is 0.685. The molecule has 0 amide bonds. The highest BCUT2D eigenvalue weighted by molar-refractivity contribution is 7.99. The predicted molar refractivity (Wildman–Crippen MR) is 212 cm³/mol. The van der Waals surface area contributed by atoms with Crippen molar-refractivity contribution in [1.29, 1.82) is 0 Å². The van der Waals surface area contributed by atoms with E-state index in [9.17, 15) is 0 Å². The molecule has 0 unspecified atom stereocenters. The molecule has 0 aliphatic carbocycles. The fraction of sp³-hybridized carbons (Fsp3) is 0. The first-order chi connectivity index (χ1) is 25.3. The minimum atomic E-state index is 0.685. The van der Waals surface area contributed by atoms with Crippen LogP contribution in [0.5, 0.6) is 0 Å². The Morgan fingerprint density at radius 3 is 1.63 bits per heavy atom. The Morgan fingerprint density at radius 1 is 0.373 bits per heavy atom. The molecule has 1 aliphatic rings. The minimum Gasteiger partial charge on any atom is -0.264 e. The van der Waals surface area contributed by atoms with Gasteiger partial charge in [0.05, 0.1) is 11.4 Å². The average Bonchev–Trinajstić information content (AvgIpc) is 3.23. The number of pyridine rings is 1. The van der Waals surface area contributed by atoms with Gasteiger partial charge in [0.15, 0.2) is 5.82 Å². The molecular weight excluding hydrogens is 639 g/mol. The summed E-state index contributed by atoms with van der Waals surface area (Å²) >= 11 is 1.81. The van der Waals surface area contributed by atoms with Crippen LogP contribution in [-0.2, 0) is 0 Å². The summed E-state index contributed by atoms with van der Waals surface area (Å²) in [4.78, 5) is 17.1. The molecule has 2 aromatic heterocycles. The Morgan fingerprint density at radius 2 is 0.922 bits per heavy atom. The molecule has 6 aromatic carbocycles. The summed E-state index contributed by atoms with van der Waals surface area (Å²) in [6.45, 7) is 0. The van der Waals surface area contributed by atoms with Gasteiger partial charge in [0, 0.05) is 38.9 Å². The van der Waals surface area contributed by atoms with Crippen molar-refractivity contribution in [2.75, 3.05) is 0 Å². The fourth-order valence-electron chi connectivity index (χ4n) is 6.66. The van der Waals surface area contributed by atoms with E-state index < -0.39 is 0 Å². The lowest BCUT2D eigenvalue weighted by Crippen LogP contribution is -1.97. The van der Waals surface area contributed by atoms with Gasteiger partial charge >= 0.3 is 0 Å². The smallest absolute Gasteiger partial charge is 0.160 e. The van der Waals surface area contributed by atoms with E-state index in [1.54, 1.807) is 6.20 Å². The van der Waals surface area contributed by atoms with E-state index in [0.717, 1.165) is 50.3 Å². The van der Waals surface area contributed by atoms with E-state index in [1.165, 1.54) is 32.0 Å². The van der Waals surface area contributed by atoms with Crippen molar-refractivity contribution in [3.63, 3.8) is 0 Å². The van der Waals surface area contributed by atoms with Crippen molar-refractivity contribution in [3.8, 4) is 67.3 Å². The molecular formula is C47H31N3S. The number of nitrogens with zero attached hydrogens (tertiary/aromatic N) is 3. The molecule has 0 bridgehead atoms. The monoisotopic (exact) mass is 669 g/mol. The Kier molecular flexibility index (Phi) is 8.13. The fourth-order valence-corrected chi connectivity index (χ4v) is 7.77. The maximum Gasteiger partial charge on any atom is 0.160 e. The average molecular weight is 670 g/mol. The predicted octanol–water partition coefficient (Wildman–Crippen LogP) is 12.5. The van der Waals surface area contributed by atoms with Crippen molar-refractivity contribution in [3.05, 3.63) is 187 Å². The summed E-state index contributed by atoms with van der Waals surface area (Å²) in [6.07, 6.45) is 8.17. The second kappa shape index (κ2) is 13.5. The molecule has 4 heteroatoms. The molecule has 1 aliphatic heterocycles. The molecule has 0 radical (unpaired) electrons. The number of hydrogen-bond acceptors (Lipinski definition) is 4. The second-order valence-electron chi connectivity index (χ2n) is 12.5. The zero-order valence-corrected chi connectivity index (χ0v) is 28.5. The van der Waals surface area contributed by atoms with Crippen molar-refractivity contribution in [1.82, 2.24) is 15.0 Å². The third-order valence-corrected chi connectivity index (χ3v) is 10.4. The van der Waals surface area contributed by atoms with Crippen LogP contribution in [0, 0.1) is 0 Å². The first-order valence-corrected chi connectivity index (χ1v) is 17.8. The maximum atomic E-state index is 5.21. The van der Waals surface area contributed by atoms with E-state index >= 15 is 0 Å². The van der Waals surface area contributed by atoms with Crippen molar-refractivity contribution < 1.29 is 0 Å². The van der Waals surface area contributed by atoms with Gasteiger partial charge < -0.3 is 0 Å².